The summed E-state index contributed by atoms with van der Waals surface area (Å²) in [6, 6.07) is 19.8. The van der Waals surface area contributed by atoms with Crippen molar-refractivity contribution in [3.05, 3.63) is 71.9 Å². The van der Waals surface area contributed by atoms with Crippen molar-refractivity contribution in [1.82, 2.24) is 14.8 Å². The highest BCUT2D eigenvalue weighted by atomic mass is 16.5. The van der Waals surface area contributed by atoms with Crippen LogP contribution in [0.3, 0.4) is 0 Å². The Labute approximate surface area is 188 Å². The normalized spacial score (nSPS) is 12.0. The SMILES string of the molecule is CCc1ccc(NC(=O)C(C)Oc2cc(-c3ccccc3)c3c(C)nn(CC)c3n2)cc1. The average Bonchev–Trinajstić information content (AvgIpc) is 3.15. The Morgan fingerprint density at radius 2 is 1.81 bits per heavy atom. The Morgan fingerprint density at radius 1 is 1.09 bits per heavy atom. The molecule has 4 rings (SSSR count). The highest BCUT2D eigenvalue weighted by Gasteiger charge is 2.20. The number of rotatable bonds is 7. The molecule has 0 aliphatic heterocycles. The van der Waals surface area contributed by atoms with Crippen molar-refractivity contribution >= 4 is 22.6 Å². The van der Waals surface area contributed by atoms with E-state index < -0.39 is 6.10 Å². The minimum atomic E-state index is -0.714. The number of ether oxygens (including phenoxy) is 1. The summed E-state index contributed by atoms with van der Waals surface area (Å²) in [4.78, 5) is 17.4. The van der Waals surface area contributed by atoms with Gasteiger partial charge in [0.05, 0.1) is 11.1 Å². The fourth-order valence-electron chi connectivity index (χ4n) is 3.76. The van der Waals surface area contributed by atoms with Gasteiger partial charge in [-0.1, -0.05) is 49.4 Å². The lowest BCUT2D eigenvalue weighted by atomic mass is 10.0. The number of nitrogens with one attached hydrogen (secondary N) is 1. The highest BCUT2D eigenvalue weighted by Crippen LogP contribution is 2.33. The summed E-state index contributed by atoms with van der Waals surface area (Å²) in [5, 5.41) is 8.55. The molecule has 1 amide bonds. The largest absolute Gasteiger partial charge is 0.464 e. The zero-order valence-corrected chi connectivity index (χ0v) is 18.9. The average molecular weight is 429 g/mol. The van der Waals surface area contributed by atoms with E-state index in [-0.39, 0.29) is 5.91 Å². The van der Waals surface area contributed by atoms with Crippen molar-refractivity contribution in [1.29, 1.82) is 0 Å². The molecule has 2 aromatic carbocycles. The van der Waals surface area contributed by atoms with Crippen LogP contribution in [0.15, 0.2) is 60.7 Å². The lowest BCUT2D eigenvalue weighted by Crippen LogP contribution is -2.30. The van der Waals surface area contributed by atoms with Crippen LogP contribution in [0.4, 0.5) is 5.69 Å². The van der Waals surface area contributed by atoms with Gasteiger partial charge in [0.1, 0.15) is 0 Å². The summed E-state index contributed by atoms with van der Waals surface area (Å²) >= 11 is 0. The standard InChI is InChI=1S/C26H28N4O2/c1-5-19-12-14-21(15-13-19)27-26(31)18(4)32-23-16-22(20-10-8-7-9-11-20)24-17(3)29-30(6-2)25(24)28-23/h7-16,18H,5-6H2,1-4H3,(H,27,31). The van der Waals surface area contributed by atoms with Gasteiger partial charge in [0.15, 0.2) is 11.8 Å². The van der Waals surface area contributed by atoms with Crippen LogP contribution >= 0.6 is 0 Å². The van der Waals surface area contributed by atoms with Crippen molar-refractivity contribution in [2.45, 2.75) is 46.8 Å². The number of aromatic nitrogens is 3. The van der Waals surface area contributed by atoms with Crippen LogP contribution in [-0.2, 0) is 17.8 Å². The molecule has 0 aliphatic rings. The molecule has 2 heterocycles. The Morgan fingerprint density at radius 3 is 2.47 bits per heavy atom. The number of benzene rings is 2. The van der Waals surface area contributed by atoms with Crippen LogP contribution in [0, 0.1) is 6.92 Å². The fraction of sp³-hybridized carbons (Fsp3) is 0.269. The first-order valence-corrected chi connectivity index (χ1v) is 11.0. The molecule has 4 aromatic rings. The third-order valence-electron chi connectivity index (χ3n) is 5.53. The minimum absolute atomic E-state index is 0.224. The topological polar surface area (TPSA) is 69.0 Å². The van der Waals surface area contributed by atoms with Crippen LogP contribution in [0.5, 0.6) is 5.88 Å². The van der Waals surface area contributed by atoms with Gasteiger partial charge in [0.2, 0.25) is 5.88 Å². The second kappa shape index (κ2) is 9.22. The number of hydrogen-bond acceptors (Lipinski definition) is 4. The number of fused-ring (bicyclic) bond motifs is 1. The first-order chi connectivity index (χ1) is 15.5. The molecule has 0 bridgehead atoms. The summed E-state index contributed by atoms with van der Waals surface area (Å²) < 4.78 is 7.87. The molecule has 0 spiro atoms. The lowest BCUT2D eigenvalue weighted by Gasteiger charge is -2.16. The van der Waals surface area contributed by atoms with Gasteiger partial charge in [-0.05, 0) is 56.0 Å². The molecule has 6 heteroatoms. The van der Waals surface area contributed by atoms with E-state index in [0.29, 0.717) is 12.4 Å². The van der Waals surface area contributed by atoms with E-state index in [1.54, 1.807) is 6.92 Å². The molecule has 32 heavy (non-hydrogen) atoms. The molecule has 0 aliphatic carbocycles. The Hall–Kier alpha value is -3.67. The number of nitrogens with zero attached hydrogens (tertiary/aromatic N) is 3. The first-order valence-electron chi connectivity index (χ1n) is 11.0. The van der Waals surface area contributed by atoms with Gasteiger partial charge in [-0.25, -0.2) is 4.68 Å². The predicted octanol–water partition coefficient (Wildman–Crippen LogP) is 5.40. The van der Waals surface area contributed by atoms with Crippen molar-refractivity contribution in [3.8, 4) is 17.0 Å². The summed E-state index contributed by atoms with van der Waals surface area (Å²) in [7, 11) is 0. The van der Waals surface area contributed by atoms with E-state index in [2.05, 4.69) is 29.5 Å². The third kappa shape index (κ3) is 4.35. The number of carbonyl (C=O) groups excluding carboxylic acids is 1. The van der Waals surface area contributed by atoms with E-state index in [9.17, 15) is 4.79 Å². The van der Waals surface area contributed by atoms with E-state index in [1.165, 1.54) is 5.56 Å². The summed E-state index contributed by atoms with van der Waals surface area (Å²) in [5.74, 6) is 0.174. The van der Waals surface area contributed by atoms with Gasteiger partial charge in [0, 0.05) is 18.3 Å². The second-order valence-corrected chi connectivity index (χ2v) is 7.77. The molecule has 1 unspecified atom stereocenters. The van der Waals surface area contributed by atoms with Gasteiger partial charge in [0.25, 0.3) is 5.91 Å². The van der Waals surface area contributed by atoms with Crippen LogP contribution in [0.1, 0.15) is 32.0 Å². The third-order valence-corrected chi connectivity index (χ3v) is 5.53. The fourth-order valence-corrected chi connectivity index (χ4v) is 3.76. The van der Waals surface area contributed by atoms with Crippen LogP contribution < -0.4 is 10.1 Å². The number of pyridine rings is 1. The molecule has 0 saturated heterocycles. The van der Waals surface area contributed by atoms with E-state index in [1.807, 2.05) is 67.1 Å². The van der Waals surface area contributed by atoms with E-state index >= 15 is 0 Å². The van der Waals surface area contributed by atoms with Crippen molar-refractivity contribution in [2.24, 2.45) is 0 Å². The van der Waals surface area contributed by atoms with Crippen LogP contribution in [0.25, 0.3) is 22.2 Å². The predicted molar refractivity (Wildman–Crippen MR) is 128 cm³/mol. The maximum Gasteiger partial charge on any atom is 0.265 e. The maximum atomic E-state index is 12.7. The Balaban J connectivity index is 1.64. The number of hydrogen-bond donors (Lipinski definition) is 1. The molecule has 164 valence electrons. The zero-order valence-electron chi connectivity index (χ0n) is 18.9. The maximum absolute atomic E-state index is 12.7. The van der Waals surface area contributed by atoms with Gasteiger partial charge in [-0.2, -0.15) is 10.1 Å². The molecule has 1 atom stereocenters. The molecule has 0 saturated carbocycles. The monoisotopic (exact) mass is 428 g/mol. The number of aryl methyl sites for hydroxylation is 3. The lowest BCUT2D eigenvalue weighted by molar-refractivity contribution is -0.122. The van der Waals surface area contributed by atoms with E-state index in [4.69, 9.17) is 9.72 Å². The Bertz CT molecular complexity index is 1230. The molecule has 1 N–H and O–H groups in total. The number of carbonyl (C=O) groups is 1. The van der Waals surface area contributed by atoms with Crippen LogP contribution in [0.2, 0.25) is 0 Å². The van der Waals surface area contributed by atoms with E-state index in [0.717, 1.165) is 40.0 Å². The summed E-state index contributed by atoms with van der Waals surface area (Å²) in [6.45, 7) is 8.54. The van der Waals surface area contributed by atoms with Gasteiger partial charge >= 0.3 is 0 Å². The molecular formula is C26H28N4O2. The van der Waals surface area contributed by atoms with Crippen molar-refractivity contribution in [2.75, 3.05) is 5.32 Å². The summed E-state index contributed by atoms with van der Waals surface area (Å²) in [6.07, 6.45) is 0.243. The molecule has 0 fully saturated rings. The smallest absolute Gasteiger partial charge is 0.265 e. The molecule has 0 radical (unpaired) electrons. The summed E-state index contributed by atoms with van der Waals surface area (Å²) in [5.41, 5.74) is 5.68. The first kappa shape index (κ1) is 21.6. The number of anilines is 1. The second-order valence-electron chi connectivity index (χ2n) is 7.77. The van der Waals surface area contributed by atoms with Gasteiger partial charge in [-0.3, -0.25) is 4.79 Å². The van der Waals surface area contributed by atoms with Gasteiger partial charge in [-0.15, -0.1) is 0 Å². The van der Waals surface area contributed by atoms with Gasteiger partial charge < -0.3 is 10.1 Å². The minimum Gasteiger partial charge on any atom is -0.464 e. The zero-order chi connectivity index (χ0) is 22.7. The molecule has 6 nitrogen and oxygen atoms in total. The van der Waals surface area contributed by atoms with Crippen LogP contribution in [-0.4, -0.2) is 26.8 Å². The van der Waals surface area contributed by atoms with Crippen molar-refractivity contribution < 1.29 is 9.53 Å². The molecule has 2 aromatic heterocycles. The number of amides is 1. The highest BCUT2D eigenvalue weighted by molar-refractivity contribution is 5.96. The quantitative estimate of drug-likeness (QED) is 0.428. The molecular weight excluding hydrogens is 400 g/mol. The Kier molecular flexibility index (Phi) is 6.21. The van der Waals surface area contributed by atoms with Crippen molar-refractivity contribution in [3.63, 3.8) is 0 Å².